The Morgan fingerprint density at radius 3 is 2.68 bits per heavy atom. The molecule has 0 fully saturated rings. The molecule has 2 heterocycles. The monoisotopic (exact) mass is 313 g/mol. The lowest BCUT2D eigenvalue weighted by Gasteiger charge is -2.10. The number of rotatable bonds is 4. The Morgan fingerprint density at radius 1 is 1.27 bits per heavy atom. The molecule has 1 amide bonds. The lowest BCUT2D eigenvalue weighted by atomic mass is 10.1. The van der Waals surface area contributed by atoms with E-state index in [1.807, 2.05) is 44.2 Å². The van der Waals surface area contributed by atoms with Crippen molar-refractivity contribution in [1.29, 1.82) is 0 Å². The van der Waals surface area contributed by atoms with Crippen LogP contribution in [0.25, 0.3) is 5.69 Å². The smallest absolute Gasteiger partial charge is 0.279 e. The Balaban J connectivity index is 1.98. The van der Waals surface area contributed by atoms with Gasteiger partial charge in [0, 0.05) is 11.6 Å². The summed E-state index contributed by atoms with van der Waals surface area (Å²) in [4.78, 5) is 16.5. The zero-order valence-electron chi connectivity index (χ0n) is 12.2. The maximum absolute atomic E-state index is 12.4. The molecular formula is C15H15N5OS. The normalized spacial score (nSPS) is 10.9. The number of benzene rings is 1. The minimum atomic E-state index is -0.291. The van der Waals surface area contributed by atoms with Gasteiger partial charge in [0.1, 0.15) is 0 Å². The average Bonchev–Trinajstić information content (AvgIpc) is 3.16. The number of para-hydroxylation sites is 1. The largest absolute Gasteiger partial charge is 0.296 e. The number of carbonyl (C=O) groups excluding carboxylic acids is 1. The summed E-state index contributed by atoms with van der Waals surface area (Å²) in [7, 11) is 0. The number of anilines is 1. The number of aromatic nitrogens is 4. The Labute approximate surface area is 131 Å². The Hall–Kier alpha value is -2.54. The predicted octanol–water partition coefficient (Wildman–Crippen LogP) is 3.10. The van der Waals surface area contributed by atoms with Crippen LogP contribution in [0.1, 0.15) is 35.9 Å². The highest BCUT2D eigenvalue weighted by atomic mass is 32.1. The Morgan fingerprint density at radius 2 is 2.05 bits per heavy atom. The van der Waals surface area contributed by atoms with E-state index in [4.69, 9.17) is 0 Å². The van der Waals surface area contributed by atoms with Crippen molar-refractivity contribution in [3.63, 3.8) is 0 Å². The van der Waals surface area contributed by atoms with E-state index >= 15 is 0 Å². The average molecular weight is 313 g/mol. The summed E-state index contributed by atoms with van der Waals surface area (Å²) in [6.45, 7) is 4.02. The molecule has 0 spiro atoms. The van der Waals surface area contributed by atoms with Crippen LogP contribution in [0.15, 0.2) is 41.9 Å². The minimum Gasteiger partial charge on any atom is -0.296 e. The maximum Gasteiger partial charge on any atom is 0.279 e. The molecule has 0 aliphatic heterocycles. The molecule has 0 aliphatic rings. The van der Waals surface area contributed by atoms with E-state index in [0.29, 0.717) is 10.8 Å². The summed E-state index contributed by atoms with van der Waals surface area (Å²) in [5, 5.41) is 13.3. The number of nitrogens with one attached hydrogen (secondary N) is 1. The van der Waals surface area contributed by atoms with E-state index in [9.17, 15) is 4.79 Å². The zero-order chi connectivity index (χ0) is 15.5. The first-order chi connectivity index (χ1) is 10.7. The van der Waals surface area contributed by atoms with Gasteiger partial charge < -0.3 is 0 Å². The first-order valence-electron chi connectivity index (χ1n) is 6.88. The quantitative estimate of drug-likeness (QED) is 0.803. The molecule has 22 heavy (non-hydrogen) atoms. The summed E-state index contributed by atoms with van der Waals surface area (Å²) in [5.41, 5.74) is 1.99. The van der Waals surface area contributed by atoms with E-state index in [-0.39, 0.29) is 11.8 Å². The fraction of sp³-hybridized carbons (Fsp3) is 0.200. The van der Waals surface area contributed by atoms with Crippen molar-refractivity contribution in [1.82, 2.24) is 20.0 Å². The van der Waals surface area contributed by atoms with Crippen LogP contribution in [0.4, 0.5) is 5.13 Å². The van der Waals surface area contributed by atoms with Crippen LogP contribution in [0.2, 0.25) is 0 Å². The van der Waals surface area contributed by atoms with Crippen molar-refractivity contribution >= 4 is 22.4 Å². The van der Waals surface area contributed by atoms with Gasteiger partial charge in [0.25, 0.3) is 5.91 Å². The van der Waals surface area contributed by atoms with Crippen LogP contribution in [-0.4, -0.2) is 25.9 Å². The van der Waals surface area contributed by atoms with Gasteiger partial charge in [-0.05, 0) is 18.1 Å². The van der Waals surface area contributed by atoms with Crippen LogP contribution in [0.5, 0.6) is 0 Å². The second kappa shape index (κ2) is 6.07. The van der Waals surface area contributed by atoms with Crippen molar-refractivity contribution in [3.05, 3.63) is 53.3 Å². The fourth-order valence-corrected chi connectivity index (χ4v) is 2.69. The Bertz CT molecular complexity index is 765. The summed E-state index contributed by atoms with van der Waals surface area (Å²) in [6, 6.07) is 9.66. The number of hydrogen-bond donors (Lipinski definition) is 1. The highest BCUT2D eigenvalue weighted by Crippen LogP contribution is 2.22. The number of thiazole rings is 1. The van der Waals surface area contributed by atoms with Gasteiger partial charge in [-0.2, -0.15) is 0 Å². The van der Waals surface area contributed by atoms with E-state index in [0.717, 1.165) is 11.4 Å². The highest BCUT2D eigenvalue weighted by molar-refractivity contribution is 7.13. The SMILES string of the molecule is CC(C)c1c(C(=O)Nc2nccs2)nnn1-c1ccccc1. The lowest BCUT2D eigenvalue weighted by molar-refractivity contribution is 0.102. The van der Waals surface area contributed by atoms with Gasteiger partial charge in [0.2, 0.25) is 0 Å². The Kier molecular flexibility index (Phi) is 3.97. The number of amides is 1. The van der Waals surface area contributed by atoms with E-state index < -0.39 is 0 Å². The molecule has 0 aliphatic carbocycles. The third kappa shape index (κ3) is 2.75. The van der Waals surface area contributed by atoms with Gasteiger partial charge in [-0.15, -0.1) is 16.4 Å². The van der Waals surface area contributed by atoms with Gasteiger partial charge in [0.05, 0.1) is 11.4 Å². The standard InChI is InChI=1S/C15H15N5OS/c1-10(2)13-12(14(21)17-15-16-8-9-22-15)18-19-20(13)11-6-4-3-5-7-11/h3-10H,1-2H3,(H,16,17,21). The number of carbonyl (C=O) groups is 1. The van der Waals surface area contributed by atoms with Crippen molar-refractivity contribution in [2.24, 2.45) is 0 Å². The first kappa shape index (κ1) is 14.4. The lowest BCUT2D eigenvalue weighted by Crippen LogP contribution is -2.16. The third-order valence-corrected chi connectivity index (χ3v) is 3.81. The number of nitrogens with zero attached hydrogens (tertiary/aromatic N) is 4. The molecule has 0 saturated heterocycles. The molecular weight excluding hydrogens is 298 g/mol. The van der Waals surface area contributed by atoms with Crippen LogP contribution < -0.4 is 5.32 Å². The zero-order valence-corrected chi connectivity index (χ0v) is 13.0. The van der Waals surface area contributed by atoms with Crippen LogP contribution in [0, 0.1) is 0 Å². The second-order valence-electron chi connectivity index (χ2n) is 5.02. The molecule has 1 aromatic carbocycles. The van der Waals surface area contributed by atoms with Gasteiger partial charge in [-0.25, -0.2) is 9.67 Å². The molecule has 0 unspecified atom stereocenters. The van der Waals surface area contributed by atoms with Crippen LogP contribution >= 0.6 is 11.3 Å². The van der Waals surface area contributed by atoms with Crippen molar-refractivity contribution < 1.29 is 4.79 Å². The molecule has 3 aromatic rings. The van der Waals surface area contributed by atoms with Crippen molar-refractivity contribution in [2.45, 2.75) is 19.8 Å². The number of hydrogen-bond acceptors (Lipinski definition) is 5. The van der Waals surface area contributed by atoms with Gasteiger partial charge >= 0.3 is 0 Å². The summed E-state index contributed by atoms with van der Waals surface area (Å²) in [6.07, 6.45) is 1.64. The summed E-state index contributed by atoms with van der Waals surface area (Å²) >= 11 is 1.37. The van der Waals surface area contributed by atoms with E-state index in [1.165, 1.54) is 11.3 Å². The molecule has 0 bridgehead atoms. The minimum absolute atomic E-state index is 0.104. The molecule has 0 radical (unpaired) electrons. The molecule has 6 nitrogen and oxygen atoms in total. The second-order valence-corrected chi connectivity index (χ2v) is 5.91. The fourth-order valence-electron chi connectivity index (χ4n) is 2.17. The van der Waals surface area contributed by atoms with Crippen molar-refractivity contribution in [2.75, 3.05) is 5.32 Å². The highest BCUT2D eigenvalue weighted by Gasteiger charge is 2.23. The molecule has 1 N–H and O–H groups in total. The predicted molar refractivity (Wildman–Crippen MR) is 85.5 cm³/mol. The molecule has 0 saturated carbocycles. The maximum atomic E-state index is 12.4. The molecule has 2 aromatic heterocycles. The molecule has 0 atom stereocenters. The topological polar surface area (TPSA) is 72.7 Å². The van der Waals surface area contributed by atoms with Crippen LogP contribution in [-0.2, 0) is 0 Å². The summed E-state index contributed by atoms with van der Waals surface area (Å²) < 4.78 is 1.71. The van der Waals surface area contributed by atoms with Gasteiger partial charge in [-0.1, -0.05) is 37.3 Å². The first-order valence-corrected chi connectivity index (χ1v) is 7.76. The van der Waals surface area contributed by atoms with Gasteiger partial charge in [0.15, 0.2) is 10.8 Å². The van der Waals surface area contributed by atoms with Gasteiger partial charge in [-0.3, -0.25) is 10.1 Å². The molecule has 112 valence electrons. The molecule has 7 heteroatoms. The summed E-state index contributed by atoms with van der Waals surface area (Å²) in [5.74, 6) is -0.187. The van der Waals surface area contributed by atoms with E-state index in [1.54, 1.807) is 16.3 Å². The van der Waals surface area contributed by atoms with E-state index in [2.05, 4.69) is 20.6 Å². The van der Waals surface area contributed by atoms with Crippen LogP contribution in [0.3, 0.4) is 0 Å². The van der Waals surface area contributed by atoms with Crippen molar-refractivity contribution in [3.8, 4) is 5.69 Å². The molecule has 3 rings (SSSR count). The third-order valence-electron chi connectivity index (χ3n) is 3.12.